The highest BCUT2D eigenvalue weighted by atomic mass is 35.5. The summed E-state index contributed by atoms with van der Waals surface area (Å²) in [5.41, 5.74) is 4.14. The van der Waals surface area contributed by atoms with Crippen molar-refractivity contribution in [3.63, 3.8) is 0 Å². The molecule has 25 heavy (non-hydrogen) atoms. The van der Waals surface area contributed by atoms with Gasteiger partial charge in [0.2, 0.25) is 5.91 Å². The van der Waals surface area contributed by atoms with E-state index >= 15 is 0 Å². The smallest absolute Gasteiger partial charge is 0.220 e. The zero-order chi connectivity index (χ0) is 17.6. The number of hydrogen-bond acceptors (Lipinski definition) is 2. The molecule has 1 amide bonds. The predicted molar refractivity (Wildman–Crippen MR) is 106 cm³/mol. The number of nitrogens with one attached hydrogen (secondary N) is 1. The van der Waals surface area contributed by atoms with Gasteiger partial charge in [-0.2, -0.15) is 0 Å². The van der Waals surface area contributed by atoms with Crippen molar-refractivity contribution in [2.24, 2.45) is 0 Å². The van der Waals surface area contributed by atoms with Gasteiger partial charge in [-0.25, -0.2) is 0 Å². The van der Waals surface area contributed by atoms with Gasteiger partial charge in [0.15, 0.2) is 0 Å². The highest BCUT2D eigenvalue weighted by molar-refractivity contribution is 7.99. The molecule has 0 radical (unpaired) electrons. The van der Waals surface area contributed by atoms with Gasteiger partial charge < -0.3 is 5.32 Å². The molecule has 4 heteroatoms. The molecule has 1 atom stereocenters. The molecule has 0 heterocycles. The van der Waals surface area contributed by atoms with Crippen molar-refractivity contribution in [3.05, 3.63) is 64.2 Å². The van der Waals surface area contributed by atoms with Crippen LogP contribution in [-0.4, -0.2) is 11.7 Å². The number of fused-ring (bicyclic) bond motifs is 1. The van der Waals surface area contributed by atoms with Gasteiger partial charge in [0.25, 0.3) is 0 Å². The summed E-state index contributed by atoms with van der Waals surface area (Å²) in [6, 6.07) is 14.6. The lowest BCUT2D eigenvalue weighted by Crippen LogP contribution is -2.26. The molecule has 0 saturated heterocycles. The van der Waals surface area contributed by atoms with Crippen molar-refractivity contribution < 1.29 is 4.79 Å². The molecule has 0 bridgehead atoms. The molecule has 1 N–H and O–H groups in total. The quantitative estimate of drug-likeness (QED) is 0.507. The molecule has 1 aliphatic carbocycles. The highest BCUT2D eigenvalue weighted by Gasteiger charge is 2.14. The number of aryl methyl sites for hydroxylation is 2. The van der Waals surface area contributed by atoms with Crippen LogP contribution in [0.15, 0.2) is 47.4 Å². The molecule has 0 aliphatic heterocycles. The molecular weight excluding hydrogens is 350 g/mol. The SMILES string of the molecule is C[C@@H](NC(=O)CCCSc1ccc(Cl)cc1)c1ccc2c(c1)CCC2. The lowest BCUT2D eigenvalue weighted by Gasteiger charge is -2.15. The van der Waals surface area contributed by atoms with E-state index in [1.807, 2.05) is 24.3 Å². The number of carbonyl (C=O) groups excluding carboxylic acids is 1. The second-order valence-corrected chi connectivity index (χ2v) is 8.18. The largest absolute Gasteiger partial charge is 0.350 e. The van der Waals surface area contributed by atoms with Crippen LogP contribution in [0.25, 0.3) is 0 Å². The Balaban J connectivity index is 1.40. The first-order chi connectivity index (χ1) is 12.1. The predicted octanol–water partition coefficient (Wildman–Crippen LogP) is 5.58. The average Bonchev–Trinajstić information content (AvgIpc) is 3.08. The standard InChI is InChI=1S/C21H24ClNOS/c1-15(17-8-7-16-4-2-5-18(16)14-17)23-21(24)6-3-13-25-20-11-9-19(22)10-12-20/h7-12,14-15H,2-6,13H2,1H3,(H,23,24)/t15-/m1/s1. The number of rotatable bonds is 7. The summed E-state index contributed by atoms with van der Waals surface area (Å²) in [5.74, 6) is 1.06. The molecule has 2 nitrogen and oxygen atoms in total. The Bertz CT molecular complexity index is 729. The Hall–Kier alpha value is -1.45. The Kier molecular flexibility index (Phi) is 6.44. The molecule has 1 aliphatic rings. The van der Waals surface area contributed by atoms with E-state index in [2.05, 4.69) is 30.4 Å². The first-order valence-electron chi connectivity index (χ1n) is 8.91. The summed E-state index contributed by atoms with van der Waals surface area (Å²) in [6.07, 6.45) is 5.06. The van der Waals surface area contributed by atoms with E-state index in [0.717, 1.165) is 17.2 Å². The van der Waals surface area contributed by atoms with Crippen LogP contribution >= 0.6 is 23.4 Å². The molecule has 0 unspecified atom stereocenters. The lowest BCUT2D eigenvalue weighted by atomic mass is 10.0. The number of carbonyl (C=O) groups is 1. The number of benzene rings is 2. The van der Waals surface area contributed by atoms with E-state index in [9.17, 15) is 4.79 Å². The van der Waals surface area contributed by atoms with Crippen molar-refractivity contribution in [2.45, 2.75) is 50.0 Å². The topological polar surface area (TPSA) is 29.1 Å². The molecule has 2 aromatic rings. The molecule has 0 saturated carbocycles. The fraction of sp³-hybridized carbons (Fsp3) is 0.381. The van der Waals surface area contributed by atoms with Crippen LogP contribution < -0.4 is 5.32 Å². The van der Waals surface area contributed by atoms with Crippen molar-refractivity contribution >= 4 is 29.3 Å². The molecule has 0 fully saturated rings. The Morgan fingerprint density at radius 1 is 1.16 bits per heavy atom. The van der Waals surface area contributed by atoms with Gasteiger partial charge in [-0.3, -0.25) is 4.79 Å². The Labute approximate surface area is 159 Å². The van der Waals surface area contributed by atoms with Crippen LogP contribution in [0.5, 0.6) is 0 Å². The maximum absolute atomic E-state index is 12.2. The van der Waals surface area contributed by atoms with Gasteiger partial charge in [0, 0.05) is 16.3 Å². The van der Waals surface area contributed by atoms with Gasteiger partial charge in [0.05, 0.1) is 6.04 Å². The summed E-state index contributed by atoms with van der Waals surface area (Å²) < 4.78 is 0. The van der Waals surface area contributed by atoms with E-state index in [-0.39, 0.29) is 11.9 Å². The molecule has 2 aromatic carbocycles. The number of halogens is 1. The number of amides is 1. The molecule has 0 aromatic heterocycles. The summed E-state index contributed by atoms with van der Waals surface area (Å²) in [5, 5.41) is 3.88. The number of thioether (sulfide) groups is 1. The summed E-state index contributed by atoms with van der Waals surface area (Å²) in [4.78, 5) is 13.4. The minimum Gasteiger partial charge on any atom is -0.350 e. The van der Waals surface area contributed by atoms with Crippen molar-refractivity contribution in [1.29, 1.82) is 0 Å². The van der Waals surface area contributed by atoms with Crippen molar-refractivity contribution in [3.8, 4) is 0 Å². The van der Waals surface area contributed by atoms with Gasteiger partial charge in [0.1, 0.15) is 0 Å². The molecular formula is C21H24ClNOS. The average molecular weight is 374 g/mol. The van der Waals surface area contributed by atoms with E-state index in [0.29, 0.717) is 6.42 Å². The molecule has 0 spiro atoms. The third kappa shape index (κ3) is 5.26. The maximum atomic E-state index is 12.2. The van der Waals surface area contributed by atoms with Gasteiger partial charge in [-0.1, -0.05) is 29.8 Å². The molecule has 3 rings (SSSR count). The zero-order valence-electron chi connectivity index (χ0n) is 14.6. The fourth-order valence-electron chi connectivity index (χ4n) is 3.21. The minimum atomic E-state index is 0.0716. The third-order valence-electron chi connectivity index (χ3n) is 4.63. The molecule has 132 valence electrons. The van der Waals surface area contributed by atoms with Crippen molar-refractivity contribution in [1.82, 2.24) is 5.32 Å². The van der Waals surface area contributed by atoms with Crippen LogP contribution in [0.2, 0.25) is 5.02 Å². The monoisotopic (exact) mass is 373 g/mol. The van der Waals surface area contributed by atoms with Crippen LogP contribution in [0.1, 0.15) is 48.9 Å². The fourth-order valence-corrected chi connectivity index (χ4v) is 4.19. The first kappa shape index (κ1) is 18.3. The van der Waals surface area contributed by atoms with E-state index in [1.165, 1.54) is 40.8 Å². The Morgan fingerprint density at radius 3 is 2.72 bits per heavy atom. The lowest BCUT2D eigenvalue weighted by molar-refractivity contribution is -0.121. The Morgan fingerprint density at radius 2 is 1.92 bits per heavy atom. The zero-order valence-corrected chi connectivity index (χ0v) is 16.1. The van der Waals surface area contributed by atoms with Gasteiger partial charge in [-0.15, -0.1) is 11.8 Å². The summed E-state index contributed by atoms with van der Waals surface area (Å²) in [6.45, 7) is 2.07. The van der Waals surface area contributed by atoms with E-state index in [4.69, 9.17) is 11.6 Å². The van der Waals surface area contributed by atoms with Crippen LogP contribution in [0.4, 0.5) is 0 Å². The van der Waals surface area contributed by atoms with Crippen LogP contribution in [0, 0.1) is 0 Å². The van der Waals surface area contributed by atoms with Gasteiger partial charge >= 0.3 is 0 Å². The summed E-state index contributed by atoms with van der Waals surface area (Å²) >= 11 is 7.64. The van der Waals surface area contributed by atoms with E-state index < -0.39 is 0 Å². The second-order valence-electron chi connectivity index (χ2n) is 6.58. The first-order valence-corrected chi connectivity index (χ1v) is 10.3. The van der Waals surface area contributed by atoms with Gasteiger partial charge in [-0.05, 0) is 79.3 Å². The van der Waals surface area contributed by atoms with Crippen molar-refractivity contribution in [2.75, 3.05) is 5.75 Å². The van der Waals surface area contributed by atoms with Crippen LogP contribution in [0.3, 0.4) is 0 Å². The third-order valence-corrected chi connectivity index (χ3v) is 5.98. The normalized spacial score (nSPS) is 14.2. The van der Waals surface area contributed by atoms with E-state index in [1.54, 1.807) is 11.8 Å². The van der Waals surface area contributed by atoms with Crippen LogP contribution in [-0.2, 0) is 17.6 Å². The maximum Gasteiger partial charge on any atom is 0.220 e. The highest BCUT2D eigenvalue weighted by Crippen LogP contribution is 2.25. The minimum absolute atomic E-state index is 0.0716. The second kappa shape index (κ2) is 8.77. The number of hydrogen-bond donors (Lipinski definition) is 1. The summed E-state index contributed by atoms with van der Waals surface area (Å²) in [7, 11) is 0.